The minimum Gasteiger partial charge on any atom is -0.385 e. The van der Waals surface area contributed by atoms with E-state index in [0.717, 1.165) is 18.7 Å². The van der Waals surface area contributed by atoms with Crippen molar-refractivity contribution in [1.82, 2.24) is 5.43 Å². The molecule has 0 saturated carbocycles. The van der Waals surface area contributed by atoms with Crippen LogP contribution in [0, 0.1) is 0 Å². The number of benzene rings is 1. The van der Waals surface area contributed by atoms with Crippen molar-refractivity contribution >= 4 is 36.4 Å². The number of nitrogen functional groups attached to an aromatic ring is 1. The van der Waals surface area contributed by atoms with Gasteiger partial charge in [-0.25, -0.2) is 5.84 Å². The van der Waals surface area contributed by atoms with Crippen LogP contribution in [0.1, 0.15) is 35.2 Å². The van der Waals surface area contributed by atoms with Gasteiger partial charge in [0.05, 0.1) is 0 Å². The molecule has 1 aliphatic rings. The summed E-state index contributed by atoms with van der Waals surface area (Å²) in [4.78, 5) is 11.3. The first-order chi connectivity index (χ1) is 7.22. The lowest BCUT2D eigenvalue weighted by Gasteiger charge is -2.24. The van der Waals surface area contributed by atoms with Crippen molar-refractivity contribution in [1.29, 1.82) is 0 Å². The van der Waals surface area contributed by atoms with Crippen LogP contribution in [-0.4, -0.2) is 12.5 Å². The maximum atomic E-state index is 11.3. The van der Waals surface area contributed by atoms with Crippen LogP contribution in [-0.2, 0) is 0 Å². The molecule has 0 saturated heterocycles. The molecule has 1 aliphatic heterocycles. The molecule has 4 N–H and O–H groups in total. The van der Waals surface area contributed by atoms with Crippen LogP contribution in [0.25, 0.3) is 0 Å². The summed E-state index contributed by atoms with van der Waals surface area (Å²) >= 11 is 0. The Bertz CT molecular complexity index is 398. The van der Waals surface area contributed by atoms with Crippen LogP contribution in [0.5, 0.6) is 0 Å². The summed E-state index contributed by atoms with van der Waals surface area (Å²) in [5, 5.41) is 3.31. The summed E-state index contributed by atoms with van der Waals surface area (Å²) in [6, 6.07) is 5.63. The first-order valence-corrected chi connectivity index (χ1v) is 5.11. The maximum absolute atomic E-state index is 11.3. The number of carbonyl (C=O) groups is 1. The Balaban J connectivity index is 0.00000128. The highest BCUT2D eigenvalue weighted by Gasteiger charge is 2.17. The molecule has 1 heterocycles. The number of hydrogen-bond acceptors (Lipinski definition) is 3. The predicted molar refractivity (Wildman–Crippen MR) is 74.1 cm³/mol. The molecule has 6 heteroatoms. The maximum Gasteiger partial charge on any atom is 0.265 e. The SMILES string of the molecule is C[C@H]1CCNc2ccc(C(=O)NN)cc21.Cl.Cl. The normalized spacial score (nSPS) is 16.7. The van der Waals surface area contributed by atoms with Crippen LogP contribution in [0.3, 0.4) is 0 Å². The molecule has 0 fully saturated rings. The van der Waals surface area contributed by atoms with Gasteiger partial charge in [0.25, 0.3) is 5.91 Å². The third kappa shape index (κ3) is 3.25. The van der Waals surface area contributed by atoms with Crippen molar-refractivity contribution < 1.29 is 4.79 Å². The van der Waals surface area contributed by atoms with Crippen LogP contribution in [0.4, 0.5) is 5.69 Å². The lowest BCUT2D eigenvalue weighted by Crippen LogP contribution is -2.30. The molecule has 1 aromatic rings. The summed E-state index contributed by atoms with van der Waals surface area (Å²) in [6.07, 6.45) is 1.10. The van der Waals surface area contributed by atoms with Gasteiger partial charge in [0.2, 0.25) is 0 Å². The van der Waals surface area contributed by atoms with Gasteiger partial charge < -0.3 is 5.32 Å². The van der Waals surface area contributed by atoms with Crippen molar-refractivity contribution in [3.05, 3.63) is 29.3 Å². The number of halogens is 2. The number of anilines is 1. The second kappa shape index (κ2) is 6.69. The summed E-state index contributed by atoms with van der Waals surface area (Å²) < 4.78 is 0. The van der Waals surface area contributed by atoms with Gasteiger partial charge in [0, 0.05) is 17.8 Å². The quantitative estimate of drug-likeness (QED) is 0.418. The van der Waals surface area contributed by atoms with E-state index in [1.165, 1.54) is 5.56 Å². The Morgan fingerprint density at radius 3 is 2.82 bits per heavy atom. The second-order valence-corrected chi connectivity index (χ2v) is 3.89. The molecule has 2 rings (SSSR count). The van der Waals surface area contributed by atoms with Crippen molar-refractivity contribution in [3.8, 4) is 0 Å². The first kappa shape index (κ1) is 16.0. The van der Waals surface area contributed by atoms with Gasteiger partial charge in [-0.3, -0.25) is 10.2 Å². The van der Waals surface area contributed by atoms with Crippen molar-refractivity contribution in [2.45, 2.75) is 19.3 Å². The largest absolute Gasteiger partial charge is 0.385 e. The fourth-order valence-electron chi connectivity index (χ4n) is 1.93. The lowest BCUT2D eigenvalue weighted by atomic mass is 9.91. The molecule has 0 aliphatic carbocycles. The number of rotatable bonds is 1. The highest BCUT2D eigenvalue weighted by molar-refractivity contribution is 5.94. The Morgan fingerprint density at radius 2 is 2.18 bits per heavy atom. The van der Waals surface area contributed by atoms with Crippen LogP contribution < -0.4 is 16.6 Å². The highest BCUT2D eigenvalue weighted by Crippen LogP contribution is 2.31. The topological polar surface area (TPSA) is 67.2 Å². The van der Waals surface area contributed by atoms with E-state index in [0.29, 0.717) is 11.5 Å². The molecule has 0 spiro atoms. The van der Waals surface area contributed by atoms with Crippen LogP contribution in [0.2, 0.25) is 0 Å². The minimum atomic E-state index is -0.240. The van der Waals surface area contributed by atoms with E-state index in [1.54, 1.807) is 6.07 Å². The molecule has 1 atom stereocenters. The number of fused-ring (bicyclic) bond motifs is 1. The smallest absolute Gasteiger partial charge is 0.265 e. The van der Waals surface area contributed by atoms with Crippen LogP contribution in [0.15, 0.2) is 18.2 Å². The van der Waals surface area contributed by atoms with E-state index in [4.69, 9.17) is 5.84 Å². The second-order valence-electron chi connectivity index (χ2n) is 3.89. The van der Waals surface area contributed by atoms with Crippen molar-refractivity contribution in [2.75, 3.05) is 11.9 Å². The number of amides is 1. The van der Waals surface area contributed by atoms with E-state index in [1.807, 2.05) is 12.1 Å². The summed E-state index contributed by atoms with van der Waals surface area (Å²) in [5.41, 5.74) is 5.08. The molecular formula is C11H17Cl2N3O. The van der Waals surface area contributed by atoms with Gasteiger partial charge in [0.15, 0.2) is 0 Å². The number of hydrogen-bond donors (Lipinski definition) is 3. The Labute approximate surface area is 113 Å². The van der Waals surface area contributed by atoms with Gasteiger partial charge in [-0.2, -0.15) is 0 Å². The van der Waals surface area contributed by atoms with Gasteiger partial charge in [0.1, 0.15) is 0 Å². The third-order valence-electron chi connectivity index (χ3n) is 2.87. The summed E-state index contributed by atoms with van der Waals surface area (Å²) in [5.74, 6) is 5.35. The molecule has 0 aromatic heterocycles. The van der Waals surface area contributed by atoms with Crippen LogP contribution >= 0.6 is 24.8 Å². The molecule has 1 aromatic carbocycles. The highest BCUT2D eigenvalue weighted by atomic mass is 35.5. The Kier molecular flexibility index (Phi) is 6.31. The van der Waals surface area contributed by atoms with Gasteiger partial charge in [-0.1, -0.05) is 6.92 Å². The molecule has 17 heavy (non-hydrogen) atoms. The van der Waals surface area contributed by atoms with E-state index in [2.05, 4.69) is 17.7 Å². The van der Waals surface area contributed by atoms with Crippen molar-refractivity contribution in [2.24, 2.45) is 5.84 Å². The molecule has 4 nitrogen and oxygen atoms in total. The summed E-state index contributed by atoms with van der Waals surface area (Å²) in [7, 11) is 0. The van der Waals surface area contributed by atoms with Gasteiger partial charge in [-0.15, -0.1) is 24.8 Å². The van der Waals surface area contributed by atoms with E-state index in [-0.39, 0.29) is 30.7 Å². The third-order valence-corrected chi connectivity index (χ3v) is 2.87. The molecular weight excluding hydrogens is 261 g/mol. The standard InChI is InChI=1S/C11H15N3O.2ClH/c1-7-4-5-13-10-3-2-8(6-9(7)10)11(15)14-12;;/h2-3,6-7,13H,4-5,12H2,1H3,(H,14,15);2*1H/t7-;;/m0../s1. The van der Waals surface area contributed by atoms with Gasteiger partial charge in [-0.05, 0) is 36.1 Å². The zero-order chi connectivity index (χ0) is 10.8. The molecule has 1 amide bonds. The summed E-state index contributed by atoms with van der Waals surface area (Å²) in [6.45, 7) is 3.17. The molecule has 96 valence electrons. The Morgan fingerprint density at radius 1 is 1.47 bits per heavy atom. The Hall–Kier alpha value is -0.970. The van der Waals surface area contributed by atoms with Crippen molar-refractivity contribution in [3.63, 3.8) is 0 Å². The van der Waals surface area contributed by atoms with E-state index in [9.17, 15) is 4.79 Å². The minimum absolute atomic E-state index is 0. The van der Waals surface area contributed by atoms with E-state index < -0.39 is 0 Å². The fourth-order valence-corrected chi connectivity index (χ4v) is 1.93. The number of carbonyl (C=O) groups excluding carboxylic acids is 1. The zero-order valence-electron chi connectivity index (χ0n) is 9.53. The fraction of sp³-hybridized carbons (Fsp3) is 0.364. The molecule has 0 unspecified atom stereocenters. The van der Waals surface area contributed by atoms with Gasteiger partial charge >= 0.3 is 0 Å². The number of nitrogens with one attached hydrogen (secondary N) is 2. The monoisotopic (exact) mass is 277 g/mol. The first-order valence-electron chi connectivity index (χ1n) is 5.11. The number of nitrogens with two attached hydrogens (primary N) is 1. The lowest BCUT2D eigenvalue weighted by molar-refractivity contribution is 0.0953. The molecule has 0 bridgehead atoms. The van der Waals surface area contributed by atoms with E-state index >= 15 is 0 Å². The average molecular weight is 278 g/mol. The zero-order valence-corrected chi connectivity index (χ0v) is 11.2. The predicted octanol–water partition coefficient (Wildman–Crippen LogP) is 2.05. The average Bonchev–Trinajstić information content (AvgIpc) is 2.28. The molecule has 0 radical (unpaired) electrons. The number of hydrazine groups is 1.